The molecule has 29 heavy (non-hydrogen) atoms. The summed E-state index contributed by atoms with van der Waals surface area (Å²) in [4.78, 5) is 19.5. The number of aromatic amines is 1. The predicted octanol–water partition coefficient (Wildman–Crippen LogP) is 4.49. The molecule has 0 aliphatic carbocycles. The molecule has 146 valence electrons. The molecule has 0 saturated heterocycles. The van der Waals surface area contributed by atoms with Gasteiger partial charge in [-0.05, 0) is 60.3 Å². The lowest BCUT2D eigenvalue weighted by Crippen LogP contribution is -2.24. The van der Waals surface area contributed by atoms with E-state index >= 15 is 0 Å². The quantitative estimate of drug-likeness (QED) is 0.335. The molecule has 2 N–H and O–H groups in total. The number of aromatic nitrogens is 2. The van der Waals surface area contributed by atoms with Crippen LogP contribution in [0.1, 0.15) is 5.76 Å². The van der Waals surface area contributed by atoms with E-state index in [1.165, 1.54) is 18.0 Å². The molecule has 2 aromatic heterocycles. The maximum Gasteiger partial charge on any atom is 0.277 e. The first-order valence-electron chi connectivity index (χ1n) is 8.58. The predicted molar refractivity (Wildman–Crippen MR) is 112 cm³/mol. The third-order valence-electron chi connectivity index (χ3n) is 3.73. The molecule has 0 spiro atoms. The van der Waals surface area contributed by atoms with Crippen molar-refractivity contribution in [1.82, 2.24) is 15.4 Å². The summed E-state index contributed by atoms with van der Waals surface area (Å²) in [7, 11) is 0. The van der Waals surface area contributed by atoms with E-state index < -0.39 is 0 Å². The third kappa shape index (κ3) is 5.18. The minimum Gasteiger partial charge on any atom is -0.484 e. The van der Waals surface area contributed by atoms with Gasteiger partial charge in [0, 0.05) is 5.02 Å². The number of H-pyrrole nitrogens is 1. The summed E-state index contributed by atoms with van der Waals surface area (Å²) < 4.78 is 11.0. The highest BCUT2D eigenvalue weighted by molar-refractivity contribution is 7.99. The molecule has 0 radical (unpaired) electrons. The Labute approximate surface area is 175 Å². The van der Waals surface area contributed by atoms with E-state index in [2.05, 4.69) is 20.5 Å². The van der Waals surface area contributed by atoms with Crippen LogP contribution in [0, 0.1) is 0 Å². The van der Waals surface area contributed by atoms with Gasteiger partial charge < -0.3 is 14.1 Å². The highest BCUT2D eigenvalue weighted by Gasteiger charge is 2.08. The van der Waals surface area contributed by atoms with Crippen LogP contribution in [0.2, 0.25) is 5.02 Å². The molecule has 4 rings (SSSR count). The van der Waals surface area contributed by atoms with Crippen molar-refractivity contribution in [2.45, 2.75) is 10.2 Å². The van der Waals surface area contributed by atoms with Crippen LogP contribution < -0.4 is 10.2 Å². The Balaban J connectivity index is 1.27. The van der Waals surface area contributed by atoms with Crippen molar-refractivity contribution in [3.63, 3.8) is 0 Å². The van der Waals surface area contributed by atoms with Crippen LogP contribution >= 0.6 is 23.4 Å². The molecular formula is C20H15ClN4O3S. The Bertz CT molecular complexity index is 1120. The molecule has 0 aliphatic heterocycles. The first kappa shape index (κ1) is 19.1. The summed E-state index contributed by atoms with van der Waals surface area (Å²) in [6.45, 7) is -0.162. The summed E-state index contributed by atoms with van der Waals surface area (Å²) in [6, 6.07) is 18.1. The number of ether oxygens (including phenoxy) is 1. The summed E-state index contributed by atoms with van der Waals surface area (Å²) in [5.41, 5.74) is 4.24. The Morgan fingerprint density at radius 3 is 2.86 bits per heavy atom. The highest BCUT2D eigenvalue weighted by atomic mass is 35.5. The highest BCUT2D eigenvalue weighted by Crippen LogP contribution is 2.28. The number of nitrogens with zero attached hydrogens (tertiary/aromatic N) is 2. The van der Waals surface area contributed by atoms with Gasteiger partial charge in [0.15, 0.2) is 16.9 Å². The van der Waals surface area contributed by atoms with Crippen molar-refractivity contribution < 1.29 is 13.9 Å². The van der Waals surface area contributed by atoms with Gasteiger partial charge in [-0.1, -0.05) is 23.7 Å². The molecule has 2 heterocycles. The molecule has 2 aromatic carbocycles. The van der Waals surface area contributed by atoms with Crippen LogP contribution in [0.5, 0.6) is 5.75 Å². The van der Waals surface area contributed by atoms with Crippen LogP contribution in [0.3, 0.4) is 0 Å². The topological polar surface area (TPSA) is 92.5 Å². The molecule has 7 nitrogen and oxygen atoms in total. The molecule has 0 bridgehead atoms. The fourth-order valence-corrected chi connectivity index (χ4v) is 3.31. The maximum atomic E-state index is 11.8. The molecule has 4 aromatic rings. The molecule has 0 saturated carbocycles. The van der Waals surface area contributed by atoms with E-state index in [0.717, 1.165) is 16.2 Å². The normalized spacial score (nSPS) is 11.2. The number of furan rings is 1. The monoisotopic (exact) mass is 426 g/mol. The second-order valence-corrected chi connectivity index (χ2v) is 7.28. The molecule has 1 amide bonds. The Morgan fingerprint density at radius 1 is 1.21 bits per heavy atom. The van der Waals surface area contributed by atoms with Crippen LogP contribution in [0.4, 0.5) is 0 Å². The second kappa shape index (κ2) is 8.85. The minimum absolute atomic E-state index is 0.162. The van der Waals surface area contributed by atoms with E-state index in [4.69, 9.17) is 20.8 Å². The van der Waals surface area contributed by atoms with Crippen molar-refractivity contribution in [2.24, 2.45) is 5.10 Å². The number of para-hydroxylation sites is 2. The third-order valence-corrected chi connectivity index (χ3v) is 4.79. The van der Waals surface area contributed by atoms with E-state index in [1.54, 1.807) is 30.3 Å². The van der Waals surface area contributed by atoms with Crippen molar-refractivity contribution >= 4 is 46.5 Å². The lowest BCUT2D eigenvalue weighted by molar-refractivity contribution is -0.123. The van der Waals surface area contributed by atoms with Gasteiger partial charge in [-0.25, -0.2) is 10.4 Å². The fourth-order valence-electron chi connectivity index (χ4n) is 2.41. The zero-order chi connectivity index (χ0) is 20.1. The van der Waals surface area contributed by atoms with Gasteiger partial charge in [-0.2, -0.15) is 5.10 Å². The second-order valence-electron chi connectivity index (χ2n) is 5.85. The first-order chi connectivity index (χ1) is 14.2. The summed E-state index contributed by atoms with van der Waals surface area (Å²) in [6.07, 6.45) is 1.42. The number of benzene rings is 2. The van der Waals surface area contributed by atoms with E-state index in [9.17, 15) is 4.79 Å². The number of carbonyl (C=O) groups excluding carboxylic acids is 1. The zero-order valence-electron chi connectivity index (χ0n) is 15.0. The number of nitrogens with one attached hydrogen (secondary N) is 2. The van der Waals surface area contributed by atoms with E-state index in [0.29, 0.717) is 21.6 Å². The average molecular weight is 427 g/mol. The number of carbonyl (C=O) groups is 1. The lowest BCUT2D eigenvalue weighted by atomic mass is 10.3. The van der Waals surface area contributed by atoms with Gasteiger partial charge >= 0.3 is 0 Å². The van der Waals surface area contributed by atoms with Crippen LogP contribution in [0.15, 0.2) is 80.4 Å². The molecular weight excluding hydrogens is 412 g/mol. The molecule has 0 fully saturated rings. The molecule has 0 unspecified atom stereocenters. The van der Waals surface area contributed by atoms with Gasteiger partial charge in [-0.3, -0.25) is 4.79 Å². The summed E-state index contributed by atoms with van der Waals surface area (Å²) in [5, 5.41) is 5.86. The van der Waals surface area contributed by atoms with E-state index in [-0.39, 0.29) is 12.5 Å². The molecule has 0 atom stereocenters. The van der Waals surface area contributed by atoms with Gasteiger partial charge in [0.2, 0.25) is 0 Å². The van der Waals surface area contributed by atoms with Crippen molar-refractivity contribution in [2.75, 3.05) is 6.61 Å². The fraction of sp³-hybridized carbons (Fsp3) is 0.0500. The number of halogens is 1. The standard InChI is InChI=1S/C20H15ClN4O3S/c21-13-5-7-14(8-6-13)27-12-18(26)25-22-11-15-9-10-19(28-15)29-20-23-16-3-1-2-4-17(16)24-20/h1-11H,12H2,(H,23,24)(H,25,26)/b22-11-. The van der Waals surface area contributed by atoms with Gasteiger partial charge in [0.05, 0.1) is 17.2 Å². The SMILES string of the molecule is O=C(COc1ccc(Cl)cc1)N/N=C\c1ccc(Sc2nc3ccccc3[nH]2)o1. The van der Waals surface area contributed by atoms with Gasteiger partial charge in [0.25, 0.3) is 5.91 Å². The Hall–Kier alpha value is -3.23. The summed E-state index contributed by atoms with van der Waals surface area (Å²) in [5.74, 6) is 0.661. The van der Waals surface area contributed by atoms with Crippen molar-refractivity contribution in [3.05, 3.63) is 71.4 Å². The van der Waals surface area contributed by atoms with Crippen molar-refractivity contribution in [1.29, 1.82) is 0 Å². The van der Waals surface area contributed by atoms with Gasteiger partial charge in [0.1, 0.15) is 11.5 Å². The maximum absolute atomic E-state index is 11.8. The minimum atomic E-state index is -0.389. The number of fused-ring (bicyclic) bond motifs is 1. The summed E-state index contributed by atoms with van der Waals surface area (Å²) >= 11 is 7.17. The Morgan fingerprint density at radius 2 is 2.03 bits per heavy atom. The number of imidazole rings is 1. The Kier molecular flexibility index (Phi) is 5.83. The van der Waals surface area contributed by atoms with E-state index in [1.807, 2.05) is 30.3 Å². The first-order valence-corrected chi connectivity index (χ1v) is 9.78. The number of hydrazone groups is 1. The van der Waals surface area contributed by atoms with Crippen LogP contribution in [-0.2, 0) is 4.79 Å². The van der Waals surface area contributed by atoms with Gasteiger partial charge in [-0.15, -0.1) is 0 Å². The lowest BCUT2D eigenvalue weighted by Gasteiger charge is -2.04. The number of amides is 1. The smallest absolute Gasteiger partial charge is 0.277 e. The number of rotatable bonds is 7. The number of hydrogen-bond acceptors (Lipinski definition) is 6. The van der Waals surface area contributed by atoms with Crippen molar-refractivity contribution in [3.8, 4) is 5.75 Å². The van der Waals surface area contributed by atoms with Crippen LogP contribution in [0.25, 0.3) is 11.0 Å². The van der Waals surface area contributed by atoms with Crippen LogP contribution in [-0.4, -0.2) is 28.7 Å². The molecule has 0 aliphatic rings. The molecule has 9 heteroatoms. The largest absolute Gasteiger partial charge is 0.484 e. The average Bonchev–Trinajstić information content (AvgIpc) is 3.34. The zero-order valence-corrected chi connectivity index (χ0v) is 16.5. The number of hydrogen-bond donors (Lipinski definition) is 2.